The van der Waals surface area contributed by atoms with Crippen LogP contribution in [0.25, 0.3) is 0 Å². The number of anilines is 1. The van der Waals surface area contributed by atoms with E-state index in [0.29, 0.717) is 0 Å². The highest BCUT2D eigenvalue weighted by Crippen LogP contribution is 2.17. The zero-order chi connectivity index (χ0) is 14.7. The highest BCUT2D eigenvalue weighted by atomic mass is 19.1. The van der Waals surface area contributed by atoms with Crippen molar-refractivity contribution in [1.82, 2.24) is 5.16 Å². The molecular weight excluding hydrogens is 269 g/mol. The van der Waals surface area contributed by atoms with Gasteiger partial charge >= 0.3 is 5.97 Å². The summed E-state index contributed by atoms with van der Waals surface area (Å²) in [5.41, 5.74) is -0.255. The molecule has 0 saturated carbocycles. The van der Waals surface area contributed by atoms with Gasteiger partial charge < -0.3 is 14.9 Å². The maximum absolute atomic E-state index is 12.9. The molecule has 0 atom stereocenters. The second-order valence-electron chi connectivity index (χ2n) is 3.64. The average Bonchev–Trinajstić information content (AvgIpc) is 2.90. The van der Waals surface area contributed by atoms with Crippen LogP contribution in [0.2, 0.25) is 0 Å². The van der Waals surface area contributed by atoms with Gasteiger partial charge in [-0.05, 0) is 18.2 Å². The van der Waals surface area contributed by atoms with Gasteiger partial charge in [-0.2, -0.15) is 5.26 Å². The van der Waals surface area contributed by atoms with Crippen molar-refractivity contribution in [3.8, 4) is 6.07 Å². The molecule has 0 unspecified atom stereocenters. The summed E-state index contributed by atoms with van der Waals surface area (Å²) in [6.07, 6.45) is 0. The van der Waals surface area contributed by atoms with Crippen molar-refractivity contribution in [2.45, 2.75) is 0 Å². The molecule has 0 fully saturated rings. The largest absolute Gasteiger partial charge is 0.475 e. The van der Waals surface area contributed by atoms with Gasteiger partial charge in [0.2, 0.25) is 5.76 Å². The molecular formula is C12H6FN3O4. The van der Waals surface area contributed by atoms with E-state index in [4.69, 9.17) is 10.4 Å². The molecule has 7 nitrogen and oxygen atoms in total. The number of carboxylic acid groups (broad SMARTS) is 1. The number of carbonyl (C=O) groups is 2. The minimum Gasteiger partial charge on any atom is -0.475 e. The van der Waals surface area contributed by atoms with Crippen LogP contribution in [0, 0.1) is 17.1 Å². The van der Waals surface area contributed by atoms with Crippen LogP contribution in [0.15, 0.2) is 28.8 Å². The number of hydrogen-bond acceptors (Lipinski definition) is 5. The predicted octanol–water partition coefficient (Wildman–Crippen LogP) is 1.64. The average molecular weight is 275 g/mol. The van der Waals surface area contributed by atoms with Gasteiger partial charge in [0.25, 0.3) is 5.91 Å². The van der Waals surface area contributed by atoms with Gasteiger partial charge in [-0.15, -0.1) is 0 Å². The van der Waals surface area contributed by atoms with Crippen LogP contribution < -0.4 is 5.32 Å². The van der Waals surface area contributed by atoms with Crippen LogP contribution in [0.5, 0.6) is 0 Å². The minimum atomic E-state index is -1.36. The van der Waals surface area contributed by atoms with Crippen LogP contribution in [-0.2, 0) is 0 Å². The lowest BCUT2D eigenvalue weighted by Crippen LogP contribution is -2.13. The van der Waals surface area contributed by atoms with E-state index < -0.39 is 23.5 Å². The van der Waals surface area contributed by atoms with Gasteiger partial charge in [-0.25, -0.2) is 9.18 Å². The van der Waals surface area contributed by atoms with Crippen LogP contribution >= 0.6 is 0 Å². The van der Waals surface area contributed by atoms with Crippen molar-refractivity contribution in [2.75, 3.05) is 5.32 Å². The number of benzene rings is 1. The summed E-state index contributed by atoms with van der Waals surface area (Å²) < 4.78 is 17.4. The number of nitrogens with zero attached hydrogens (tertiary/aromatic N) is 2. The first kappa shape index (κ1) is 13.2. The second kappa shape index (κ2) is 5.19. The molecule has 2 rings (SSSR count). The number of aromatic carboxylic acids is 1. The monoisotopic (exact) mass is 275 g/mol. The van der Waals surface area contributed by atoms with Crippen molar-refractivity contribution in [3.05, 3.63) is 47.1 Å². The molecule has 0 aliphatic carbocycles. The third-order valence-electron chi connectivity index (χ3n) is 2.30. The zero-order valence-corrected chi connectivity index (χ0v) is 9.75. The number of amides is 1. The van der Waals surface area contributed by atoms with Crippen molar-refractivity contribution in [2.24, 2.45) is 0 Å². The Balaban J connectivity index is 2.23. The van der Waals surface area contributed by atoms with Gasteiger partial charge in [-0.3, -0.25) is 4.79 Å². The Morgan fingerprint density at radius 2 is 2.15 bits per heavy atom. The second-order valence-corrected chi connectivity index (χ2v) is 3.64. The number of hydrogen-bond donors (Lipinski definition) is 2. The maximum Gasteiger partial charge on any atom is 0.374 e. The molecule has 0 radical (unpaired) electrons. The van der Waals surface area contributed by atoms with Crippen molar-refractivity contribution >= 4 is 17.6 Å². The lowest BCUT2D eigenvalue weighted by Gasteiger charge is -2.04. The highest BCUT2D eigenvalue weighted by molar-refractivity contribution is 6.04. The van der Waals surface area contributed by atoms with E-state index in [-0.39, 0.29) is 16.9 Å². The lowest BCUT2D eigenvalue weighted by atomic mass is 10.2. The molecule has 1 aromatic carbocycles. The van der Waals surface area contributed by atoms with Crippen molar-refractivity contribution in [3.63, 3.8) is 0 Å². The molecule has 0 aliphatic rings. The number of nitriles is 1. The van der Waals surface area contributed by atoms with E-state index >= 15 is 0 Å². The Bertz CT molecular complexity index is 733. The maximum atomic E-state index is 12.9. The molecule has 100 valence electrons. The molecule has 0 bridgehead atoms. The minimum absolute atomic E-state index is 0.0692. The number of rotatable bonds is 3. The summed E-state index contributed by atoms with van der Waals surface area (Å²) in [5, 5.41) is 23.1. The first-order valence-corrected chi connectivity index (χ1v) is 5.22. The van der Waals surface area contributed by atoms with Crippen LogP contribution in [0.3, 0.4) is 0 Å². The fourth-order valence-electron chi connectivity index (χ4n) is 1.39. The van der Waals surface area contributed by atoms with Gasteiger partial charge in [0.1, 0.15) is 11.9 Å². The third-order valence-corrected chi connectivity index (χ3v) is 2.30. The fourth-order valence-corrected chi connectivity index (χ4v) is 1.39. The molecule has 2 aromatic rings. The van der Waals surface area contributed by atoms with Crippen molar-refractivity contribution < 1.29 is 23.6 Å². The van der Waals surface area contributed by atoms with Crippen LogP contribution in [0.1, 0.15) is 26.6 Å². The van der Waals surface area contributed by atoms with E-state index in [2.05, 4.69) is 15.0 Å². The van der Waals surface area contributed by atoms with Crippen molar-refractivity contribution in [1.29, 1.82) is 5.26 Å². The summed E-state index contributed by atoms with van der Waals surface area (Å²) in [4.78, 5) is 22.4. The zero-order valence-electron chi connectivity index (χ0n) is 9.75. The molecule has 0 saturated heterocycles. The number of aromatic nitrogens is 1. The predicted molar refractivity (Wildman–Crippen MR) is 62.5 cm³/mol. The van der Waals surface area contributed by atoms with Crippen LogP contribution in [0.4, 0.5) is 10.1 Å². The summed E-state index contributed by atoms with van der Waals surface area (Å²) in [6, 6.07) is 5.90. The SMILES string of the molecule is N#Cc1cc(F)ccc1NC(=O)c1cc(C(=O)O)on1. The van der Waals surface area contributed by atoms with E-state index in [1.165, 1.54) is 6.07 Å². The van der Waals surface area contributed by atoms with E-state index in [9.17, 15) is 14.0 Å². The number of carboxylic acids is 1. The molecule has 1 amide bonds. The van der Waals surface area contributed by atoms with Crippen LogP contribution in [-0.4, -0.2) is 22.1 Å². The van der Waals surface area contributed by atoms with E-state index in [0.717, 1.165) is 18.2 Å². The van der Waals surface area contributed by atoms with Gasteiger partial charge in [0, 0.05) is 6.07 Å². The smallest absolute Gasteiger partial charge is 0.374 e. The quantitative estimate of drug-likeness (QED) is 0.879. The number of carbonyl (C=O) groups excluding carboxylic acids is 1. The van der Waals surface area contributed by atoms with Gasteiger partial charge in [0.15, 0.2) is 5.69 Å². The molecule has 8 heteroatoms. The third kappa shape index (κ3) is 2.62. The number of halogens is 1. The Hall–Kier alpha value is -3.21. The molecule has 1 aromatic heterocycles. The Labute approximate surface area is 111 Å². The first-order chi connectivity index (χ1) is 9.51. The fraction of sp³-hybridized carbons (Fsp3) is 0. The molecule has 1 heterocycles. The summed E-state index contributed by atoms with van der Waals surface area (Å²) in [6.45, 7) is 0. The number of nitrogens with one attached hydrogen (secondary N) is 1. The summed E-state index contributed by atoms with van der Waals surface area (Å²) in [5.74, 6) is -3.25. The highest BCUT2D eigenvalue weighted by Gasteiger charge is 2.17. The van der Waals surface area contributed by atoms with Gasteiger partial charge in [0.05, 0.1) is 11.3 Å². The Morgan fingerprint density at radius 3 is 2.75 bits per heavy atom. The normalized spacial score (nSPS) is 9.80. The topological polar surface area (TPSA) is 116 Å². The molecule has 0 aliphatic heterocycles. The molecule has 20 heavy (non-hydrogen) atoms. The lowest BCUT2D eigenvalue weighted by molar-refractivity contribution is 0.0651. The standard InChI is InChI=1S/C12H6FN3O4/c13-7-1-2-8(6(3-7)5-14)15-11(17)9-4-10(12(18)19)20-16-9/h1-4H,(H,15,17)(H,18,19). The summed E-state index contributed by atoms with van der Waals surface area (Å²) in [7, 11) is 0. The summed E-state index contributed by atoms with van der Waals surface area (Å²) >= 11 is 0. The Morgan fingerprint density at radius 1 is 1.40 bits per heavy atom. The molecule has 0 spiro atoms. The first-order valence-electron chi connectivity index (χ1n) is 5.22. The van der Waals surface area contributed by atoms with E-state index in [1.54, 1.807) is 6.07 Å². The Kier molecular flexibility index (Phi) is 3.43. The van der Waals surface area contributed by atoms with E-state index in [1.807, 2.05) is 0 Å². The van der Waals surface area contributed by atoms with Gasteiger partial charge in [-0.1, -0.05) is 5.16 Å². The molecule has 2 N–H and O–H groups in total.